The number of carbonyl (C=O) groups excluding carboxylic acids is 5. The zero-order valence-corrected chi connectivity index (χ0v) is 26.1. The number of aliphatic carboxylic acids is 2. The number of quaternary nitrogens is 1. The number of fused-ring (bicyclic) bond motifs is 2. The Kier molecular flexibility index (Phi) is 15.0. The average Bonchev–Trinajstić information content (AvgIpc) is 3.38. The van der Waals surface area contributed by atoms with Crippen molar-refractivity contribution < 1.29 is 54.2 Å². The van der Waals surface area contributed by atoms with Crippen molar-refractivity contribution in [2.45, 2.75) is 77.7 Å². The molecule has 2 bridgehead atoms. The normalized spacial score (nSPS) is 20.2. The van der Waals surface area contributed by atoms with Gasteiger partial charge >= 0.3 is 17.9 Å². The highest BCUT2D eigenvalue weighted by Gasteiger charge is 2.36. The fourth-order valence-electron chi connectivity index (χ4n) is 3.14. The maximum Gasteiger partial charge on any atom is 0.414 e. The summed E-state index contributed by atoms with van der Waals surface area (Å²) in [5, 5.41) is 24.9. The lowest BCUT2D eigenvalue weighted by molar-refractivity contribution is -0.395. The molecule has 3 amide bonds. The molecule has 0 aliphatic carbocycles. The van der Waals surface area contributed by atoms with Crippen LogP contribution >= 0.6 is 23.1 Å². The van der Waals surface area contributed by atoms with Gasteiger partial charge in [-0.15, -0.1) is 11.3 Å². The molecule has 17 heteroatoms. The second kappa shape index (κ2) is 17.3. The minimum Gasteiger partial charge on any atom is -0.473 e. The smallest absolute Gasteiger partial charge is 0.414 e. The number of aromatic nitrogens is 1. The Morgan fingerprint density at radius 3 is 2.37 bits per heavy atom. The topological polar surface area (TPSA) is 246 Å². The molecule has 8 N–H and O–H groups in total. The molecule has 43 heavy (non-hydrogen) atoms. The molecule has 1 aromatic rings. The fraction of sp³-hybridized carbons (Fsp3) is 0.538. The molecule has 15 nitrogen and oxygen atoms in total. The van der Waals surface area contributed by atoms with E-state index in [0.29, 0.717) is 17.2 Å². The summed E-state index contributed by atoms with van der Waals surface area (Å²) in [7, 11) is 0. The Hall–Kier alpha value is -3.83. The van der Waals surface area contributed by atoms with Crippen LogP contribution < -0.4 is 21.7 Å². The largest absolute Gasteiger partial charge is 0.473 e. The molecule has 3 atom stereocenters. The van der Waals surface area contributed by atoms with Gasteiger partial charge in [0.1, 0.15) is 28.4 Å². The second-order valence-electron chi connectivity index (χ2n) is 10.3. The molecule has 0 saturated carbocycles. The number of ether oxygens (including phenoxy) is 1. The number of esters is 1. The number of nitrogens with one attached hydrogen (secondary N) is 3. The molecular weight excluding hydrogens is 606 g/mol. The number of cyclic esters (lactones) is 1. The highest BCUT2D eigenvalue weighted by atomic mass is 32.2. The van der Waals surface area contributed by atoms with E-state index < -0.39 is 47.4 Å². The molecule has 0 aromatic carbocycles. The number of carboxylic acids is 2. The van der Waals surface area contributed by atoms with Crippen molar-refractivity contribution in [1.29, 1.82) is 0 Å². The van der Waals surface area contributed by atoms with Gasteiger partial charge in [0.05, 0.1) is 13.0 Å². The summed E-state index contributed by atoms with van der Waals surface area (Å²) in [5.41, 5.74) is 2.50. The van der Waals surface area contributed by atoms with Gasteiger partial charge in [0.25, 0.3) is 5.91 Å². The van der Waals surface area contributed by atoms with E-state index in [1.807, 2.05) is 0 Å². The van der Waals surface area contributed by atoms with Crippen LogP contribution in [0.5, 0.6) is 0 Å². The van der Waals surface area contributed by atoms with Crippen molar-refractivity contribution in [2.24, 2.45) is 5.92 Å². The number of carboxylic acid groups (broad SMARTS) is 2. The van der Waals surface area contributed by atoms with Gasteiger partial charge in [0.15, 0.2) is 6.04 Å². The van der Waals surface area contributed by atoms with Crippen LogP contribution in [0.25, 0.3) is 0 Å². The molecule has 0 spiro atoms. The Bertz CT molecular complexity index is 1220. The van der Waals surface area contributed by atoms with E-state index in [-0.39, 0.29) is 41.6 Å². The van der Waals surface area contributed by atoms with E-state index in [0.717, 1.165) is 0 Å². The standard InChI is InChI=1S/C24H35N5O6S2.C2H2O4/c1-13(2)19-21(32)35-15(8-6-7-9-36-22(33)14(3)25)10-17(30)26-11-18-27-16(12-37-18)20(31)29-24(4,5)23(34)28-19;3-1(4)2(5)6/h6,8,12-15,19H,7,9-11,25H2,1-5H3,(H,26,30)(H,28,34)(H,29,31);(H,3,4)(H,5,6)/p+1/b8-6+;/t14-,15+,19-;/m0./s1. The van der Waals surface area contributed by atoms with Crippen molar-refractivity contribution >= 4 is 63.8 Å². The monoisotopic (exact) mass is 644 g/mol. The average molecular weight is 645 g/mol. The lowest BCUT2D eigenvalue weighted by Crippen LogP contribution is -2.62. The van der Waals surface area contributed by atoms with Gasteiger partial charge in [-0.3, -0.25) is 19.2 Å². The third-order valence-electron chi connectivity index (χ3n) is 5.54. The van der Waals surface area contributed by atoms with Crippen LogP contribution in [0, 0.1) is 5.92 Å². The van der Waals surface area contributed by atoms with Crippen LogP contribution in [-0.2, 0) is 40.0 Å². The maximum absolute atomic E-state index is 13.1. The number of rotatable bonds is 6. The first-order chi connectivity index (χ1) is 19.9. The Balaban J connectivity index is 0.00000139. The van der Waals surface area contributed by atoms with E-state index in [1.165, 1.54) is 36.9 Å². The number of allylic oxidation sites excluding steroid dienone is 1. The Labute approximate surface area is 256 Å². The van der Waals surface area contributed by atoms with Crippen molar-refractivity contribution in [3.63, 3.8) is 0 Å². The van der Waals surface area contributed by atoms with E-state index in [9.17, 15) is 24.0 Å². The van der Waals surface area contributed by atoms with E-state index >= 15 is 0 Å². The molecule has 238 valence electrons. The fourth-order valence-corrected chi connectivity index (χ4v) is 4.59. The van der Waals surface area contributed by atoms with Gasteiger partial charge in [0, 0.05) is 11.1 Å². The molecule has 0 radical (unpaired) electrons. The predicted octanol–water partition coefficient (Wildman–Crippen LogP) is -0.284. The minimum absolute atomic E-state index is 0.0103. The van der Waals surface area contributed by atoms with Crippen molar-refractivity contribution in [3.8, 4) is 0 Å². The van der Waals surface area contributed by atoms with Gasteiger partial charge in [-0.1, -0.05) is 31.7 Å². The molecule has 2 heterocycles. The first-order valence-electron chi connectivity index (χ1n) is 13.1. The van der Waals surface area contributed by atoms with E-state index in [2.05, 4.69) is 26.7 Å². The second-order valence-corrected chi connectivity index (χ2v) is 12.3. The summed E-state index contributed by atoms with van der Waals surface area (Å²) in [5.74, 6) is -5.63. The molecule has 1 aliphatic rings. The molecular formula is C26H38N5O10S2+. The number of thiazole rings is 1. The Morgan fingerprint density at radius 1 is 1.19 bits per heavy atom. The first kappa shape index (κ1) is 37.2. The van der Waals surface area contributed by atoms with Crippen molar-refractivity contribution in [2.75, 3.05) is 5.75 Å². The van der Waals surface area contributed by atoms with Gasteiger partial charge in [-0.2, -0.15) is 0 Å². The lowest BCUT2D eigenvalue weighted by Gasteiger charge is -2.29. The predicted molar refractivity (Wildman–Crippen MR) is 156 cm³/mol. The van der Waals surface area contributed by atoms with Crippen LogP contribution in [0.15, 0.2) is 17.5 Å². The lowest BCUT2D eigenvalue weighted by atomic mass is 9.99. The number of amides is 3. The number of carbonyl (C=O) groups is 7. The zero-order valence-electron chi connectivity index (χ0n) is 24.5. The summed E-state index contributed by atoms with van der Waals surface area (Å²) < 4.78 is 5.64. The number of thioether (sulfide) groups is 1. The van der Waals surface area contributed by atoms with Crippen LogP contribution in [0.4, 0.5) is 0 Å². The molecule has 0 unspecified atom stereocenters. The maximum atomic E-state index is 13.1. The summed E-state index contributed by atoms with van der Waals surface area (Å²) >= 11 is 2.38. The minimum atomic E-state index is -1.82. The van der Waals surface area contributed by atoms with Crippen molar-refractivity contribution in [3.05, 3.63) is 28.2 Å². The first-order valence-corrected chi connectivity index (χ1v) is 15.0. The van der Waals surface area contributed by atoms with Gasteiger partial charge in [0.2, 0.25) is 16.9 Å². The van der Waals surface area contributed by atoms with E-state index in [4.69, 9.17) is 24.5 Å². The van der Waals surface area contributed by atoms with Crippen molar-refractivity contribution in [1.82, 2.24) is 20.9 Å². The molecule has 1 aliphatic heterocycles. The van der Waals surface area contributed by atoms with Crippen LogP contribution in [0.1, 0.15) is 63.0 Å². The summed E-state index contributed by atoms with van der Waals surface area (Å²) in [6, 6.07) is -1.31. The Morgan fingerprint density at radius 2 is 1.81 bits per heavy atom. The quantitative estimate of drug-likeness (QED) is 0.101. The summed E-state index contributed by atoms with van der Waals surface area (Å²) in [6.07, 6.45) is 2.87. The van der Waals surface area contributed by atoms with Crippen LogP contribution in [0.3, 0.4) is 0 Å². The molecule has 1 aromatic heterocycles. The molecule has 2 rings (SSSR count). The van der Waals surface area contributed by atoms with Gasteiger partial charge < -0.3 is 36.6 Å². The number of hydrogen-bond donors (Lipinski definition) is 6. The third kappa shape index (κ3) is 13.3. The highest BCUT2D eigenvalue weighted by Crippen LogP contribution is 2.15. The van der Waals surface area contributed by atoms with Crippen LogP contribution in [0.2, 0.25) is 0 Å². The molecule has 0 saturated heterocycles. The van der Waals surface area contributed by atoms with Gasteiger partial charge in [-0.25, -0.2) is 19.4 Å². The van der Waals surface area contributed by atoms with Gasteiger partial charge in [-0.05, 0) is 39.2 Å². The molecule has 0 fully saturated rings. The highest BCUT2D eigenvalue weighted by molar-refractivity contribution is 8.13. The number of nitrogens with zero attached hydrogens (tertiary/aromatic N) is 1. The summed E-state index contributed by atoms with van der Waals surface area (Å²) in [6.45, 7) is 8.40. The van der Waals surface area contributed by atoms with Crippen LogP contribution in [-0.4, -0.2) is 85.4 Å². The zero-order chi connectivity index (χ0) is 32.9. The third-order valence-corrected chi connectivity index (χ3v) is 7.52. The van der Waals surface area contributed by atoms with E-state index in [1.54, 1.807) is 38.3 Å². The summed E-state index contributed by atoms with van der Waals surface area (Å²) in [4.78, 5) is 85.5. The number of hydrogen-bond acceptors (Lipinski definition) is 11. The SMILES string of the molecule is CC(C)[C@@H]1NC(=O)C(C)(C)NC(=O)c2csc(n2)CNC(=O)C[C@@H](/C=C/CCSC(=O)[C@H](C)[NH3+])OC1=O.O=C(O)C(=O)O.